The summed E-state index contributed by atoms with van der Waals surface area (Å²) in [7, 11) is 0. The Bertz CT molecular complexity index is 699. The molecule has 0 fully saturated rings. The summed E-state index contributed by atoms with van der Waals surface area (Å²) < 4.78 is 11.2. The van der Waals surface area contributed by atoms with Crippen LogP contribution in [-0.4, -0.2) is 25.2 Å². The number of hydrogen-bond acceptors (Lipinski definition) is 3. The van der Waals surface area contributed by atoms with Crippen LogP contribution in [0.5, 0.6) is 11.5 Å². The summed E-state index contributed by atoms with van der Waals surface area (Å²) in [6, 6.07) is 15.6. The van der Waals surface area contributed by atoms with E-state index in [1.807, 2.05) is 54.3 Å². The number of rotatable bonds is 5. The van der Waals surface area contributed by atoms with Gasteiger partial charge in [-0.15, -0.1) is 0 Å². The third-order valence-corrected chi connectivity index (χ3v) is 3.98. The van der Waals surface area contributed by atoms with Crippen molar-refractivity contribution < 1.29 is 14.3 Å². The van der Waals surface area contributed by atoms with E-state index in [9.17, 15) is 4.79 Å². The SMILES string of the molecule is CCOc1ccccc1OCC(=O)N1c2ccccc2CC1C. The highest BCUT2D eigenvalue weighted by atomic mass is 16.5. The molecule has 0 spiro atoms. The van der Waals surface area contributed by atoms with E-state index in [0.29, 0.717) is 18.1 Å². The minimum Gasteiger partial charge on any atom is -0.490 e. The van der Waals surface area contributed by atoms with Crippen molar-refractivity contribution >= 4 is 11.6 Å². The van der Waals surface area contributed by atoms with E-state index in [1.54, 1.807) is 0 Å². The first-order valence-corrected chi connectivity index (χ1v) is 7.95. The van der Waals surface area contributed by atoms with E-state index in [-0.39, 0.29) is 18.6 Å². The van der Waals surface area contributed by atoms with Crippen molar-refractivity contribution in [3.05, 3.63) is 54.1 Å². The van der Waals surface area contributed by atoms with Crippen LogP contribution >= 0.6 is 0 Å². The molecule has 1 aliphatic rings. The maximum Gasteiger partial charge on any atom is 0.265 e. The number of benzene rings is 2. The van der Waals surface area contributed by atoms with Crippen molar-refractivity contribution in [2.75, 3.05) is 18.1 Å². The number of amides is 1. The van der Waals surface area contributed by atoms with E-state index >= 15 is 0 Å². The van der Waals surface area contributed by atoms with E-state index in [1.165, 1.54) is 5.56 Å². The molecule has 0 aliphatic carbocycles. The second kappa shape index (κ2) is 6.73. The van der Waals surface area contributed by atoms with Crippen LogP contribution in [0.2, 0.25) is 0 Å². The number of anilines is 1. The van der Waals surface area contributed by atoms with Crippen molar-refractivity contribution in [1.82, 2.24) is 0 Å². The van der Waals surface area contributed by atoms with Crippen LogP contribution in [0.1, 0.15) is 19.4 Å². The van der Waals surface area contributed by atoms with Gasteiger partial charge in [-0.3, -0.25) is 4.79 Å². The number of para-hydroxylation sites is 3. The van der Waals surface area contributed by atoms with Crippen LogP contribution in [0.15, 0.2) is 48.5 Å². The van der Waals surface area contributed by atoms with Gasteiger partial charge in [-0.25, -0.2) is 0 Å². The fourth-order valence-electron chi connectivity index (χ4n) is 3.00. The van der Waals surface area contributed by atoms with Gasteiger partial charge in [-0.2, -0.15) is 0 Å². The lowest BCUT2D eigenvalue weighted by molar-refractivity contribution is -0.120. The van der Waals surface area contributed by atoms with Crippen LogP contribution in [-0.2, 0) is 11.2 Å². The van der Waals surface area contributed by atoms with Gasteiger partial charge in [-0.05, 0) is 44.0 Å². The lowest BCUT2D eigenvalue weighted by Crippen LogP contribution is -2.39. The molecule has 2 aromatic carbocycles. The third kappa shape index (κ3) is 3.16. The van der Waals surface area contributed by atoms with Gasteiger partial charge in [0.2, 0.25) is 0 Å². The zero-order valence-corrected chi connectivity index (χ0v) is 13.5. The predicted octanol–water partition coefficient (Wildman–Crippen LogP) is 3.44. The quantitative estimate of drug-likeness (QED) is 0.849. The molecule has 0 saturated heterocycles. The van der Waals surface area contributed by atoms with Crippen LogP contribution < -0.4 is 14.4 Å². The summed E-state index contributed by atoms with van der Waals surface area (Å²) in [6.45, 7) is 4.55. The normalized spacial score (nSPS) is 16.1. The molecule has 1 amide bonds. The van der Waals surface area contributed by atoms with Gasteiger partial charge >= 0.3 is 0 Å². The van der Waals surface area contributed by atoms with E-state index in [0.717, 1.165) is 12.1 Å². The van der Waals surface area contributed by atoms with Crippen molar-refractivity contribution in [1.29, 1.82) is 0 Å². The van der Waals surface area contributed by atoms with Gasteiger partial charge in [-0.1, -0.05) is 30.3 Å². The highest BCUT2D eigenvalue weighted by Crippen LogP contribution is 2.32. The van der Waals surface area contributed by atoms with Gasteiger partial charge in [0.05, 0.1) is 6.61 Å². The van der Waals surface area contributed by atoms with Crippen LogP contribution in [0, 0.1) is 0 Å². The van der Waals surface area contributed by atoms with Gasteiger partial charge in [0.15, 0.2) is 18.1 Å². The van der Waals surface area contributed by atoms with Crippen molar-refractivity contribution in [2.45, 2.75) is 26.3 Å². The maximum absolute atomic E-state index is 12.6. The van der Waals surface area contributed by atoms with Gasteiger partial charge in [0, 0.05) is 11.7 Å². The summed E-state index contributed by atoms with van der Waals surface area (Å²) >= 11 is 0. The molecule has 0 aromatic heterocycles. The van der Waals surface area contributed by atoms with Gasteiger partial charge in [0.1, 0.15) is 0 Å². The number of carbonyl (C=O) groups excluding carboxylic acids is 1. The Morgan fingerprint density at radius 1 is 1.09 bits per heavy atom. The molecule has 4 nitrogen and oxygen atoms in total. The van der Waals surface area contributed by atoms with Crippen LogP contribution in [0.25, 0.3) is 0 Å². The first-order valence-electron chi connectivity index (χ1n) is 7.95. The molecular weight excluding hydrogens is 290 g/mol. The number of hydrogen-bond donors (Lipinski definition) is 0. The second-order valence-electron chi connectivity index (χ2n) is 5.61. The summed E-state index contributed by atoms with van der Waals surface area (Å²) in [6.07, 6.45) is 0.886. The molecule has 0 radical (unpaired) electrons. The molecule has 0 saturated carbocycles. The number of fused-ring (bicyclic) bond motifs is 1. The Morgan fingerprint density at radius 2 is 1.74 bits per heavy atom. The molecule has 2 aromatic rings. The fraction of sp³-hybridized carbons (Fsp3) is 0.316. The smallest absolute Gasteiger partial charge is 0.265 e. The zero-order chi connectivity index (χ0) is 16.2. The molecule has 23 heavy (non-hydrogen) atoms. The Balaban J connectivity index is 1.71. The molecule has 1 unspecified atom stereocenters. The summed E-state index contributed by atoms with van der Waals surface area (Å²) in [4.78, 5) is 14.5. The standard InChI is InChI=1S/C19H21NO3/c1-3-22-17-10-6-7-11-18(17)23-13-19(21)20-14(2)12-15-8-4-5-9-16(15)20/h4-11,14H,3,12-13H2,1-2H3. The lowest BCUT2D eigenvalue weighted by atomic mass is 10.1. The topological polar surface area (TPSA) is 38.8 Å². The predicted molar refractivity (Wildman–Crippen MR) is 90.2 cm³/mol. The Labute approximate surface area is 136 Å². The number of ether oxygens (including phenoxy) is 2. The second-order valence-corrected chi connectivity index (χ2v) is 5.61. The monoisotopic (exact) mass is 311 g/mol. The molecule has 0 N–H and O–H groups in total. The Morgan fingerprint density at radius 3 is 2.48 bits per heavy atom. The van der Waals surface area contributed by atoms with Gasteiger partial charge in [0.25, 0.3) is 5.91 Å². The Hall–Kier alpha value is -2.49. The van der Waals surface area contributed by atoms with E-state index in [4.69, 9.17) is 9.47 Å². The lowest BCUT2D eigenvalue weighted by Gasteiger charge is -2.23. The molecule has 1 atom stereocenters. The molecule has 0 bridgehead atoms. The summed E-state index contributed by atoms with van der Waals surface area (Å²) in [5.41, 5.74) is 2.20. The largest absolute Gasteiger partial charge is 0.490 e. The zero-order valence-electron chi connectivity index (χ0n) is 13.5. The number of nitrogens with zero attached hydrogens (tertiary/aromatic N) is 1. The molecule has 1 aliphatic heterocycles. The van der Waals surface area contributed by atoms with E-state index < -0.39 is 0 Å². The third-order valence-electron chi connectivity index (χ3n) is 3.98. The van der Waals surface area contributed by atoms with E-state index in [2.05, 4.69) is 13.0 Å². The molecular formula is C19H21NO3. The molecule has 1 heterocycles. The summed E-state index contributed by atoms with van der Waals surface area (Å²) in [5.74, 6) is 1.23. The van der Waals surface area contributed by atoms with Gasteiger partial charge < -0.3 is 14.4 Å². The molecule has 3 rings (SSSR count). The molecule has 4 heteroatoms. The van der Waals surface area contributed by atoms with Crippen molar-refractivity contribution in [2.24, 2.45) is 0 Å². The Kier molecular flexibility index (Phi) is 4.51. The highest BCUT2D eigenvalue weighted by Gasteiger charge is 2.30. The average Bonchev–Trinajstić information content (AvgIpc) is 2.90. The van der Waals surface area contributed by atoms with Crippen LogP contribution in [0.4, 0.5) is 5.69 Å². The fourth-order valence-corrected chi connectivity index (χ4v) is 3.00. The average molecular weight is 311 g/mol. The summed E-state index contributed by atoms with van der Waals surface area (Å²) in [5, 5.41) is 0. The highest BCUT2D eigenvalue weighted by molar-refractivity contribution is 5.97. The van der Waals surface area contributed by atoms with Crippen molar-refractivity contribution in [3.8, 4) is 11.5 Å². The maximum atomic E-state index is 12.6. The first kappa shape index (κ1) is 15.4. The minimum atomic E-state index is -0.0336. The molecule has 120 valence electrons. The van der Waals surface area contributed by atoms with Crippen molar-refractivity contribution in [3.63, 3.8) is 0 Å². The number of carbonyl (C=O) groups is 1. The minimum absolute atomic E-state index is 0.00274. The van der Waals surface area contributed by atoms with Crippen LogP contribution in [0.3, 0.4) is 0 Å². The first-order chi connectivity index (χ1) is 11.2.